The minimum Gasteiger partial charge on any atom is -0.295 e. The Morgan fingerprint density at radius 3 is 2.45 bits per heavy atom. The van der Waals surface area contributed by atoms with E-state index in [4.69, 9.17) is 0 Å². The molecular weight excluding hydrogens is 323 g/mol. The highest BCUT2D eigenvalue weighted by Crippen LogP contribution is 2.31. The number of thiazole rings is 1. The maximum Gasteiger partial charge on any atom is 0.277 e. The first-order valence-corrected chi connectivity index (χ1v) is 8.01. The lowest BCUT2D eigenvalue weighted by Crippen LogP contribution is -2.13. The average molecular weight is 334 g/mol. The van der Waals surface area contributed by atoms with Crippen LogP contribution in [-0.2, 0) is 0 Å². The smallest absolute Gasteiger partial charge is 0.277 e. The molecule has 0 spiro atoms. The van der Waals surface area contributed by atoms with E-state index in [2.05, 4.69) is 20.5 Å². The highest BCUT2D eigenvalue weighted by Gasteiger charge is 2.19. The molecule has 1 aromatic carbocycles. The predicted octanol–water partition coefficient (Wildman–Crippen LogP) is 3.67. The van der Waals surface area contributed by atoms with Crippen LogP contribution < -0.4 is 5.32 Å². The standard InChI is InChI=1S/C14H11FN4OS2/c1-7-16-11(13(20)17-14-19-18-8(2)22-14)12(21-7)9-3-5-10(15)6-4-9/h3-6H,1-2H3,(H,17,19,20). The molecule has 0 aliphatic heterocycles. The quantitative estimate of drug-likeness (QED) is 0.793. The van der Waals surface area contributed by atoms with E-state index in [0.717, 1.165) is 15.6 Å². The van der Waals surface area contributed by atoms with Crippen LogP contribution in [0.25, 0.3) is 10.4 Å². The van der Waals surface area contributed by atoms with Crippen LogP contribution >= 0.6 is 22.7 Å². The number of hydrogen-bond acceptors (Lipinski definition) is 6. The molecule has 0 bridgehead atoms. The molecule has 3 rings (SSSR count). The molecule has 0 aliphatic rings. The number of amides is 1. The van der Waals surface area contributed by atoms with Crippen molar-refractivity contribution in [3.05, 3.63) is 45.8 Å². The summed E-state index contributed by atoms with van der Waals surface area (Å²) in [4.78, 5) is 17.4. The Morgan fingerprint density at radius 2 is 1.82 bits per heavy atom. The summed E-state index contributed by atoms with van der Waals surface area (Å²) in [6.45, 7) is 3.63. The van der Waals surface area contributed by atoms with Gasteiger partial charge in [0, 0.05) is 0 Å². The molecule has 0 unspecified atom stereocenters. The number of nitrogens with zero attached hydrogens (tertiary/aromatic N) is 3. The van der Waals surface area contributed by atoms with Crippen LogP contribution in [0.2, 0.25) is 0 Å². The van der Waals surface area contributed by atoms with E-state index in [9.17, 15) is 9.18 Å². The molecule has 112 valence electrons. The van der Waals surface area contributed by atoms with E-state index in [1.807, 2.05) is 13.8 Å². The highest BCUT2D eigenvalue weighted by molar-refractivity contribution is 7.16. The van der Waals surface area contributed by atoms with E-state index in [1.165, 1.54) is 34.8 Å². The normalized spacial score (nSPS) is 10.7. The molecule has 2 aromatic heterocycles. The number of anilines is 1. The molecule has 8 heteroatoms. The van der Waals surface area contributed by atoms with Gasteiger partial charge in [0.25, 0.3) is 5.91 Å². The van der Waals surface area contributed by atoms with E-state index in [0.29, 0.717) is 15.7 Å². The van der Waals surface area contributed by atoms with Gasteiger partial charge in [0.05, 0.1) is 9.88 Å². The summed E-state index contributed by atoms with van der Waals surface area (Å²) in [6, 6.07) is 5.99. The van der Waals surface area contributed by atoms with Crippen molar-refractivity contribution in [1.82, 2.24) is 15.2 Å². The van der Waals surface area contributed by atoms with Gasteiger partial charge in [-0.1, -0.05) is 23.5 Å². The molecule has 2 heterocycles. The summed E-state index contributed by atoms with van der Waals surface area (Å²) in [6.07, 6.45) is 0. The molecule has 0 aliphatic carbocycles. The van der Waals surface area contributed by atoms with Crippen molar-refractivity contribution in [2.75, 3.05) is 5.32 Å². The van der Waals surface area contributed by atoms with Crippen LogP contribution in [0.4, 0.5) is 9.52 Å². The Hall–Kier alpha value is -2.19. The van der Waals surface area contributed by atoms with Crippen LogP contribution in [0.5, 0.6) is 0 Å². The molecule has 3 aromatic rings. The summed E-state index contributed by atoms with van der Waals surface area (Å²) in [5.74, 6) is -0.667. The van der Waals surface area contributed by atoms with Gasteiger partial charge in [-0.3, -0.25) is 10.1 Å². The molecule has 0 saturated heterocycles. The first kappa shape index (κ1) is 14.7. The van der Waals surface area contributed by atoms with Crippen LogP contribution in [-0.4, -0.2) is 21.1 Å². The van der Waals surface area contributed by atoms with E-state index in [-0.39, 0.29) is 11.7 Å². The number of halogens is 1. The number of hydrogen-bond donors (Lipinski definition) is 1. The van der Waals surface area contributed by atoms with Gasteiger partial charge < -0.3 is 0 Å². The molecule has 0 radical (unpaired) electrons. The lowest BCUT2D eigenvalue weighted by molar-refractivity contribution is 0.102. The first-order valence-electron chi connectivity index (χ1n) is 6.38. The van der Waals surface area contributed by atoms with Crippen molar-refractivity contribution in [1.29, 1.82) is 0 Å². The summed E-state index contributed by atoms with van der Waals surface area (Å²) >= 11 is 2.68. The zero-order chi connectivity index (χ0) is 15.7. The third kappa shape index (κ3) is 3.02. The SMILES string of the molecule is Cc1nnc(NC(=O)c2nc(C)sc2-c2ccc(F)cc2)s1. The van der Waals surface area contributed by atoms with Gasteiger partial charge in [-0.05, 0) is 31.5 Å². The number of aromatic nitrogens is 3. The van der Waals surface area contributed by atoms with E-state index >= 15 is 0 Å². The van der Waals surface area contributed by atoms with Gasteiger partial charge >= 0.3 is 0 Å². The Kier molecular flexibility index (Phi) is 3.95. The van der Waals surface area contributed by atoms with Gasteiger partial charge in [0.2, 0.25) is 5.13 Å². The largest absolute Gasteiger partial charge is 0.295 e. The minimum absolute atomic E-state index is 0.307. The highest BCUT2D eigenvalue weighted by atomic mass is 32.1. The lowest BCUT2D eigenvalue weighted by Gasteiger charge is -2.02. The monoisotopic (exact) mass is 334 g/mol. The van der Waals surface area contributed by atoms with E-state index < -0.39 is 0 Å². The summed E-state index contributed by atoms with van der Waals surface area (Å²) in [5, 5.41) is 12.4. The molecule has 0 fully saturated rings. The fourth-order valence-corrected chi connectivity index (χ4v) is 3.39. The second-order valence-electron chi connectivity index (χ2n) is 4.50. The van der Waals surface area contributed by atoms with Gasteiger partial charge in [-0.15, -0.1) is 21.5 Å². The summed E-state index contributed by atoms with van der Waals surface area (Å²) in [7, 11) is 0. The lowest BCUT2D eigenvalue weighted by atomic mass is 10.1. The Labute approximate surface area is 133 Å². The predicted molar refractivity (Wildman–Crippen MR) is 84.8 cm³/mol. The Balaban J connectivity index is 1.93. The van der Waals surface area contributed by atoms with Crippen molar-refractivity contribution in [3.8, 4) is 10.4 Å². The van der Waals surface area contributed by atoms with Crippen LogP contribution in [0, 0.1) is 19.7 Å². The van der Waals surface area contributed by atoms with Crippen LogP contribution in [0.3, 0.4) is 0 Å². The number of rotatable bonds is 3. The van der Waals surface area contributed by atoms with E-state index in [1.54, 1.807) is 12.1 Å². The van der Waals surface area contributed by atoms with Gasteiger partial charge in [-0.2, -0.15) is 0 Å². The zero-order valence-electron chi connectivity index (χ0n) is 11.8. The topological polar surface area (TPSA) is 67.8 Å². The second kappa shape index (κ2) is 5.90. The first-order chi connectivity index (χ1) is 10.5. The maximum atomic E-state index is 13.1. The minimum atomic E-state index is -0.347. The molecule has 0 atom stereocenters. The van der Waals surface area contributed by atoms with Gasteiger partial charge in [0.15, 0.2) is 0 Å². The Bertz CT molecular complexity index is 826. The van der Waals surface area contributed by atoms with Gasteiger partial charge in [0.1, 0.15) is 16.5 Å². The zero-order valence-corrected chi connectivity index (χ0v) is 13.4. The van der Waals surface area contributed by atoms with Crippen molar-refractivity contribution in [2.45, 2.75) is 13.8 Å². The third-order valence-electron chi connectivity index (χ3n) is 2.80. The number of aryl methyl sites for hydroxylation is 2. The second-order valence-corrected chi connectivity index (χ2v) is 6.88. The molecule has 1 N–H and O–H groups in total. The van der Waals surface area contributed by atoms with Crippen molar-refractivity contribution in [2.24, 2.45) is 0 Å². The van der Waals surface area contributed by atoms with Crippen molar-refractivity contribution >= 4 is 33.7 Å². The molecular formula is C14H11FN4OS2. The van der Waals surface area contributed by atoms with Gasteiger partial charge in [-0.25, -0.2) is 9.37 Å². The maximum absolute atomic E-state index is 13.1. The molecule has 5 nitrogen and oxygen atoms in total. The molecule has 1 amide bonds. The number of carbonyl (C=O) groups excluding carboxylic acids is 1. The summed E-state index contributed by atoms with van der Waals surface area (Å²) < 4.78 is 13.1. The Morgan fingerprint density at radius 1 is 1.09 bits per heavy atom. The third-order valence-corrected chi connectivity index (χ3v) is 4.58. The fourth-order valence-electron chi connectivity index (χ4n) is 1.88. The van der Waals surface area contributed by atoms with Crippen LogP contribution in [0.15, 0.2) is 24.3 Å². The van der Waals surface area contributed by atoms with Crippen LogP contribution in [0.1, 0.15) is 20.5 Å². The molecule has 22 heavy (non-hydrogen) atoms. The van der Waals surface area contributed by atoms with Crippen molar-refractivity contribution < 1.29 is 9.18 Å². The number of carbonyl (C=O) groups is 1. The summed E-state index contributed by atoms with van der Waals surface area (Å²) in [5.41, 5.74) is 1.06. The number of nitrogens with one attached hydrogen (secondary N) is 1. The number of benzene rings is 1. The molecule has 0 saturated carbocycles. The van der Waals surface area contributed by atoms with Crippen molar-refractivity contribution in [3.63, 3.8) is 0 Å². The fraction of sp³-hybridized carbons (Fsp3) is 0.143. The average Bonchev–Trinajstić information content (AvgIpc) is 3.06.